The Morgan fingerprint density at radius 2 is 1.73 bits per heavy atom. The fourth-order valence-corrected chi connectivity index (χ4v) is 3.82. The average molecular weight is 320 g/mol. The molecule has 0 aliphatic carbocycles. The summed E-state index contributed by atoms with van der Waals surface area (Å²) in [6.45, 7) is 2.32. The normalized spacial score (nSPS) is 17.3. The van der Waals surface area contributed by atoms with Gasteiger partial charge in [0.1, 0.15) is 0 Å². The van der Waals surface area contributed by atoms with Gasteiger partial charge in [-0.3, -0.25) is 4.98 Å². The summed E-state index contributed by atoms with van der Waals surface area (Å²) in [5.41, 5.74) is 2.04. The first-order valence-electron chi connectivity index (χ1n) is 7.26. The van der Waals surface area contributed by atoms with E-state index < -0.39 is 10.2 Å². The second-order valence-electron chi connectivity index (χ2n) is 5.53. The van der Waals surface area contributed by atoms with Crippen molar-refractivity contribution >= 4 is 26.8 Å². The smallest absolute Gasteiger partial charge is 0.281 e. The Morgan fingerprint density at radius 1 is 1.05 bits per heavy atom. The molecule has 6 nitrogen and oxygen atoms in total. The number of piperazine rings is 1. The van der Waals surface area contributed by atoms with Gasteiger partial charge in [-0.25, -0.2) is 0 Å². The van der Waals surface area contributed by atoms with Crippen LogP contribution in [-0.2, 0) is 10.2 Å². The van der Waals surface area contributed by atoms with E-state index >= 15 is 0 Å². The van der Waals surface area contributed by atoms with Crippen molar-refractivity contribution in [3.05, 3.63) is 36.5 Å². The highest BCUT2D eigenvalue weighted by Gasteiger charge is 2.29. The van der Waals surface area contributed by atoms with E-state index in [0.29, 0.717) is 26.2 Å². The van der Waals surface area contributed by atoms with Crippen LogP contribution < -0.4 is 4.90 Å². The van der Waals surface area contributed by atoms with Gasteiger partial charge in [0.2, 0.25) is 0 Å². The van der Waals surface area contributed by atoms with Crippen molar-refractivity contribution in [1.82, 2.24) is 13.6 Å². The number of benzene rings is 1. The summed E-state index contributed by atoms with van der Waals surface area (Å²) < 4.78 is 27.1. The number of aromatic nitrogens is 1. The molecule has 0 radical (unpaired) electrons. The summed E-state index contributed by atoms with van der Waals surface area (Å²) >= 11 is 0. The standard InChI is InChI=1S/C15H20N4O2S/c1-17(2)22(20,21)19-11-9-18(10-12-19)14-7-3-5-13-6-4-8-16-15(13)14/h3-8H,9-12H2,1-2H3. The molecule has 0 spiro atoms. The van der Waals surface area contributed by atoms with Gasteiger partial charge in [-0.1, -0.05) is 18.2 Å². The first kappa shape index (κ1) is 15.2. The predicted molar refractivity (Wildman–Crippen MR) is 88.1 cm³/mol. The molecule has 0 N–H and O–H groups in total. The molecule has 1 aromatic heterocycles. The van der Waals surface area contributed by atoms with Crippen LogP contribution in [0.5, 0.6) is 0 Å². The molecule has 7 heteroatoms. The number of fused-ring (bicyclic) bond motifs is 1. The maximum atomic E-state index is 12.2. The molecule has 1 saturated heterocycles. The van der Waals surface area contributed by atoms with Gasteiger partial charge in [-0.2, -0.15) is 17.0 Å². The fraction of sp³-hybridized carbons (Fsp3) is 0.400. The van der Waals surface area contributed by atoms with Gasteiger partial charge >= 0.3 is 0 Å². The van der Waals surface area contributed by atoms with E-state index in [1.165, 1.54) is 8.61 Å². The van der Waals surface area contributed by atoms with E-state index in [0.717, 1.165) is 16.6 Å². The number of anilines is 1. The summed E-state index contributed by atoms with van der Waals surface area (Å²) in [5, 5.41) is 1.10. The zero-order valence-corrected chi connectivity index (χ0v) is 13.6. The molecular weight excluding hydrogens is 300 g/mol. The van der Waals surface area contributed by atoms with Crippen LogP contribution in [-0.4, -0.2) is 62.3 Å². The highest BCUT2D eigenvalue weighted by atomic mass is 32.2. The zero-order chi connectivity index (χ0) is 15.7. The lowest BCUT2D eigenvalue weighted by Gasteiger charge is -2.36. The molecular formula is C15H20N4O2S. The monoisotopic (exact) mass is 320 g/mol. The molecule has 0 saturated carbocycles. The van der Waals surface area contributed by atoms with Gasteiger partial charge in [0, 0.05) is 51.9 Å². The third-order valence-corrected chi connectivity index (χ3v) is 5.92. The second kappa shape index (κ2) is 5.83. The summed E-state index contributed by atoms with van der Waals surface area (Å²) in [4.78, 5) is 6.68. The number of hydrogen-bond donors (Lipinski definition) is 0. The predicted octanol–water partition coefficient (Wildman–Crippen LogP) is 1.16. The number of pyridine rings is 1. The molecule has 2 aromatic rings. The van der Waals surface area contributed by atoms with Crippen LogP contribution in [0, 0.1) is 0 Å². The van der Waals surface area contributed by atoms with Crippen LogP contribution in [0.4, 0.5) is 5.69 Å². The van der Waals surface area contributed by atoms with Crippen molar-refractivity contribution in [2.45, 2.75) is 0 Å². The Kier molecular flexibility index (Phi) is 4.03. The van der Waals surface area contributed by atoms with Crippen LogP contribution >= 0.6 is 0 Å². The Labute approximate surface area is 131 Å². The van der Waals surface area contributed by atoms with Crippen molar-refractivity contribution < 1.29 is 8.42 Å². The second-order valence-corrected chi connectivity index (χ2v) is 7.67. The Bertz CT molecular complexity index is 763. The molecule has 22 heavy (non-hydrogen) atoms. The molecule has 118 valence electrons. The van der Waals surface area contributed by atoms with E-state index in [1.807, 2.05) is 30.3 Å². The lowest BCUT2D eigenvalue weighted by Crippen LogP contribution is -2.51. The Morgan fingerprint density at radius 3 is 2.41 bits per heavy atom. The van der Waals surface area contributed by atoms with Gasteiger partial charge in [0.15, 0.2) is 0 Å². The fourth-order valence-electron chi connectivity index (χ4n) is 2.73. The van der Waals surface area contributed by atoms with Crippen molar-refractivity contribution in [3.63, 3.8) is 0 Å². The summed E-state index contributed by atoms with van der Waals surface area (Å²) in [6, 6.07) is 10.1. The van der Waals surface area contributed by atoms with Crippen LogP contribution in [0.15, 0.2) is 36.5 Å². The van der Waals surface area contributed by atoms with Crippen LogP contribution in [0.25, 0.3) is 10.9 Å². The van der Waals surface area contributed by atoms with E-state index in [1.54, 1.807) is 20.3 Å². The number of nitrogens with zero attached hydrogens (tertiary/aromatic N) is 4. The van der Waals surface area contributed by atoms with Crippen LogP contribution in [0.2, 0.25) is 0 Å². The average Bonchev–Trinajstić information content (AvgIpc) is 2.54. The first-order chi connectivity index (χ1) is 10.5. The molecule has 1 fully saturated rings. The number of hydrogen-bond acceptors (Lipinski definition) is 4. The van der Waals surface area contributed by atoms with Gasteiger partial charge in [-0.15, -0.1) is 0 Å². The molecule has 0 bridgehead atoms. The third-order valence-electron chi connectivity index (χ3n) is 3.98. The van der Waals surface area contributed by atoms with E-state index in [-0.39, 0.29) is 0 Å². The third kappa shape index (κ3) is 2.67. The van der Waals surface area contributed by atoms with Crippen molar-refractivity contribution in [2.24, 2.45) is 0 Å². The molecule has 0 unspecified atom stereocenters. The molecule has 1 aliphatic heterocycles. The van der Waals surface area contributed by atoms with Crippen molar-refractivity contribution in [1.29, 1.82) is 0 Å². The minimum absolute atomic E-state index is 0.490. The van der Waals surface area contributed by atoms with Gasteiger partial charge in [0.25, 0.3) is 10.2 Å². The Hall–Kier alpha value is -1.70. The van der Waals surface area contributed by atoms with E-state index in [2.05, 4.69) is 9.88 Å². The Balaban J connectivity index is 1.82. The summed E-state index contributed by atoms with van der Waals surface area (Å²) in [6.07, 6.45) is 1.79. The lowest BCUT2D eigenvalue weighted by atomic mass is 10.1. The molecule has 2 heterocycles. The lowest BCUT2D eigenvalue weighted by molar-refractivity contribution is 0.356. The van der Waals surface area contributed by atoms with Crippen LogP contribution in [0.1, 0.15) is 0 Å². The summed E-state index contributed by atoms with van der Waals surface area (Å²) in [5.74, 6) is 0. The van der Waals surface area contributed by atoms with Gasteiger partial charge < -0.3 is 4.90 Å². The number of para-hydroxylation sites is 1. The van der Waals surface area contributed by atoms with Crippen LogP contribution in [0.3, 0.4) is 0 Å². The SMILES string of the molecule is CN(C)S(=O)(=O)N1CCN(c2cccc3cccnc23)CC1. The molecule has 1 aliphatic rings. The number of rotatable bonds is 3. The van der Waals surface area contributed by atoms with E-state index in [4.69, 9.17) is 0 Å². The van der Waals surface area contributed by atoms with Crippen molar-refractivity contribution in [3.8, 4) is 0 Å². The highest BCUT2D eigenvalue weighted by Crippen LogP contribution is 2.26. The zero-order valence-electron chi connectivity index (χ0n) is 12.8. The summed E-state index contributed by atoms with van der Waals surface area (Å²) in [7, 11) is -0.192. The molecule has 0 amide bonds. The maximum absolute atomic E-state index is 12.2. The van der Waals surface area contributed by atoms with Gasteiger partial charge in [0.05, 0.1) is 11.2 Å². The minimum atomic E-state index is -3.32. The molecule has 1 aromatic carbocycles. The largest absolute Gasteiger partial charge is 0.367 e. The van der Waals surface area contributed by atoms with Gasteiger partial charge in [-0.05, 0) is 12.1 Å². The quantitative estimate of drug-likeness (QED) is 0.852. The van der Waals surface area contributed by atoms with E-state index in [9.17, 15) is 8.42 Å². The minimum Gasteiger partial charge on any atom is -0.367 e. The molecule has 3 rings (SSSR count). The van der Waals surface area contributed by atoms with Crippen molar-refractivity contribution in [2.75, 3.05) is 45.2 Å². The topological polar surface area (TPSA) is 56.8 Å². The molecule has 0 atom stereocenters. The first-order valence-corrected chi connectivity index (χ1v) is 8.66. The highest BCUT2D eigenvalue weighted by molar-refractivity contribution is 7.86. The maximum Gasteiger partial charge on any atom is 0.281 e.